The van der Waals surface area contributed by atoms with E-state index >= 15 is 0 Å². The average molecular weight is 307 g/mol. The summed E-state index contributed by atoms with van der Waals surface area (Å²) in [6, 6.07) is 0. The van der Waals surface area contributed by atoms with Gasteiger partial charge >= 0.3 is 0 Å². The van der Waals surface area contributed by atoms with E-state index in [1.165, 1.54) is 38.5 Å². The van der Waals surface area contributed by atoms with E-state index in [0.29, 0.717) is 6.79 Å². The normalized spacial score (nSPS) is 11.4. The Hall–Kier alpha value is 0.140. The highest BCUT2D eigenvalue weighted by molar-refractivity contribution is 9.09. The van der Waals surface area contributed by atoms with Gasteiger partial charge in [-0.3, -0.25) is 0 Å². The van der Waals surface area contributed by atoms with Crippen LogP contribution in [0.1, 0.15) is 51.9 Å². The zero-order chi connectivity index (χ0) is 12.6. The number of ether oxygens (including phenoxy) is 2. The monoisotopic (exact) mass is 306 g/mol. The number of hydrogen-bond acceptors (Lipinski definition) is 2. The SMILES string of the molecule is CCOCOCCC=CCCCCCCCBr. The van der Waals surface area contributed by atoms with Crippen molar-refractivity contribution in [3.8, 4) is 0 Å². The number of hydrogen-bond donors (Lipinski definition) is 0. The molecule has 0 aromatic heterocycles. The molecule has 0 N–H and O–H groups in total. The molecule has 2 nitrogen and oxygen atoms in total. The zero-order valence-corrected chi connectivity index (χ0v) is 12.7. The fraction of sp³-hybridized carbons (Fsp3) is 0.857. The Kier molecular flexibility index (Phi) is 16.3. The Bertz CT molecular complexity index is 160. The van der Waals surface area contributed by atoms with Gasteiger partial charge in [-0.15, -0.1) is 0 Å². The molecule has 0 aromatic carbocycles. The lowest BCUT2D eigenvalue weighted by atomic mass is 10.1. The number of allylic oxidation sites excluding steroid dienone is 1. The lowest BCUT2D eigenvalue weighted by Gasteiger charge is -2.01. The Morgan fingerprint density at radius 1 is 0.882 bits per heavy atom. The maximum atomic E-state index is 5.27. The molecule has 0 unspecified atom stereocenters. The molecule has 0 radical (unpaired) electrons. The third-order valence-electron chi connectivity index (χ3n) is 2.47. The van der Waals surface area contributed by atoms with Gasteiger partial charge in [0.25, 0.3) is 0 Å². The Labute approximate surface area is 115 Å². The second-order valence-corrected chi connectivity index (χ2v) is 4.82. The van der Waals surface area contributed by atoms with Crippen LogP contribution in [0, 0.1) is 0 Å². The van der Waals surface area contributed by atoms with Gasteiger partial charge in [0, 0.05) is 11.9 Å². The van der Waals surface area contributed by atoms with Gasteiger partial charge < -0.3 is 9.47 Å². The highest BCUT2D eigenvalue weighted by Gasteiger charge is 1.88. The van der Waals surface area contributed by atoms with Gasteiger partial charge in [0.05, 0.1) is 6.61 Å². The Morgan fingerprint density at radius 2 is 1.59 bits per heavy atom. The van der Waals surface area contributed by atoms with Crippen molar-refractivity contribution >= 4 is 15.9 Å². The molecule has 0 aliphatic heterocycles. The lowest BCUT2D eigenvalue weighted by Crippen LogP contribution is -1.99. The van der Waals surface area contributed by atoms with Crippen LogP contribution in [0.3, 0.4) is 0 Å². The summed E-state index contributed by atoms with van der Waals surface area (Å²) in [4.78, 5) is 0. The van der Waals surface area contributed by atoms with Crippen LogP contribution < -0.4 is 0 Å². The van der Waals surface area contributed by atoms with Gasteiger partial charge in [0.1, 0.15) is 6.79 Å². The molecule has 102 valence electrons. The largest absolute Gasteiger partial charge is 0.356 e. The fourth-order valence-corrected chi connectivity index (χ4v) is 1.87. The zero-order valence-electron chi connectivity index (χ0n) is 11.1. The minimum atomic E-state index is 0.428. The van der Waals surface area contributed by atoms with Crippen LogP contribution in [0.4, 0.5) is 0 Å². The molecule has 0 heterocycles. The molecule has 0 aromatic rings. The third kappa shape index (κ3) is 16.1. The standard InChI is InChI=1S/C14H27BrO2/c1-2-16-14-17-13-11-9-7-5-3-4-6-8-10-12-15/h7,9H,2-6,8,10-14H2,1H3. The molecule has 0 atom stereocenters. The third-order valence-corrected chi connectivity index (χ3v) is 3.03. The maximum absolute atomic E-state index is 5.27. The average Bonchev–Trinajstić information content (AvgIpc) is 2.35. The minimum Gasteiger partial charge on any atom is -0.356 e. The second kappa shape index (κ2) is 16.1. The van der Waals surface area contributed by atoms with Crippen LogP contribution in [0.25, 0.3) is 0 Å². The first-order valence-corrected chi connectivity index (χ1v) is 7.90. The molecule has 0 aliphatic rings. The van der Waals surface area contributed by atoms with Gasteiger partial charge in [0.2, 0.25) is 0 Å². The van der Waals surface area contributed by atoms with E-state index in [2.05, 4.69) is 28.1 Å². The van der Waals surface area contributed by atoms with Crippen molar-refractivity contribution in [2.24, 2.45) is 0 Å². The maximum Gasteiger partial charge on any atom is 0.146 e. The van der Waals surface area contributed by atoms with E-state index in [1.807, 2.05) is 6.92 Å². The van der Waals surface area contributed by atoms with E-state index in [4.69, 9.17) is 9.47 Å². The molecular formula is C14H27BrO2. The predicted molar refractivity (Wildman–Crippen MR) is 77.7 cm³/mol. The summed E-state index contributed by atoms with van der Waals surface area (Å²) in [6.45, 7) is 3.89. The highest BCUT2D eigenvalue weighted by atomic mass is 79.9. The van der Waals surface area contributed by atoms with Crippen molar-refractivity contribution in [1.29, 1.82) is 0 Å². The van der Waals surface area contributed by atoms with Crippen molar-refractivity contribution in [2.75, 3.05) is 25.3 Å². The summed E-state index contributed by atoms with van der Waals surface area (Å²) in [5.41, 5.74) is 0. The van der Waals surface area contributed by atoms with Crippen LogP contribution >= 0.6 is 15.9 Å². The van der Waals surface area contributed by atoms with Crippen molar-refractivity contribution in [3.05, 3.63) is 12.2 Å². The van der Waals surface area contributed by atoms with E-state index in [0.717, 1.165) is 25.0 Å². The van der Waals surface area contributed by atoms with Crippen molar-refractivity contribution < 1.29 is 9.47 Å². The van der Waals surface area contributed by atoms with Crippen LogP contribution in [-0.2, 0) is 9.47 Å². The second-order valence-electron chi connectivity index (χ2n) is 4.02. The molecule has 0 saturated heterocycles. The number of rotatable bonds is 13. The first-order valence-electron chi connectivity index (χ1n) is 6.78. The molecule has 0 rings (SSSR count). The van der Waals surface area contributed by atoms with E-state index < -0.39 is 0 Å². The number of halogens is 1. The number of alkyl halides is 1. The molecule has 0 fully saturated rings. The van der Waals surface area contributed by atoms with Crippen molar-refractivity contribution in [2.45, 2.75) is 51.9 Å². The van der Waals surface area contributed by atoms with E-state index in [9.17, 15) is 0 Å². The Balaban J connectivity index is 2.99. The first-order chi connectivity index (χ1) is 8.41. The smallest absolute Gasteiger partial charge is 0.146 e. The molecule has 0 bridgehead atoms. The molecule has 17 heavy (non-hydrogen) atoms. The highest BCUT2D eigenvalue weighted by Crippen LogP contribution is 2.07. The first kappa shape index (κ1) is 17.1. The van der Waals surface area contributed by atoms with Gasteiger partial charge in [-0.1, -0.05) is 47.3 Å². The molecule has 3 heteroatoms. The summed E-state index contributed by atoms with van der Waals surface area (Å²) >= 11 is 3.45. The topological polar surface area (TPSA) is 18.5 Å². The molecule has 0 spiro atoms. The summed E-state index contributed by atoms with van der Waals surface area (Å²) in [5.74, 6) is 0. The van der Waals surface area contributed by atoms with Crippen LogP contribution in [0.15, 0.2) is 12.2 Å². The van der Waals surface area contributed by atoms with Crippen LogP contribution in [0.2, 0.25) is 0 Å². The fourth-order valence-electron chi connectivity index (χ4n) is 1.48. The molecule has 0 amide bonds. The summed E-state index contributed by atoms with van der Waals surface area (Å²) in [5, 5.41) is 1.15. The lowest BCUT2D eigenvalue weighted by molar-refractivity contribution is -0.0476. The minimum absolute atomic E-state index is 0.428. The van der Waals surface area contributed by atoms with Crippen molar-refractivity contribution in [3.63, 3.8) is 0 Å². The predicted octanol–water partition coefficient (Wildman–Crippen LogP) is 4.68. The van der Waals surface area contributed by atoms with Crippen LogP contribution in [-0.4, -0.2) is 25.3 Å². The van der Waals surface area contributed by atoms with Gasteiger partial charge in [0.15, 0.2) is 0 Å². The molecular weight excluding hydrogens is 280 g/mol. The van der Waals surface area contributed by atoms with Gasteiger partial charge in [-0.2, -0.15) is 0 Å². The van der Waals surface area contributed by atoms with E-state index in [-0.39, 0.29) is 0 Å². The molecule has 0 aliphatic carbocycles. The molecule has 0 saturated carbocycles. The van der Waals surface area contributed by atoms with Gasteiger partial charge in [-0.25, -0.2) is 0 Å². The number of unbranched alkanes of at least 4 members (excludes halogenated alkanes) is 5. The quantitative estimate of drug-likeness (QED) is 0.213. The summed E-state index contributed by atoms with van der Waals surface area (Å²) < 4.78 is 10.3. The summed E-state index contributed by atoms with van der Waals surface area (Å²) in [7, 11) is 0. The van der Waals surface area contributed by atoms with Crippen LogP contribution in [0.5, 0.6) is 0 Å². The van der Waals surface area contributed by atoms with Gasteiger partial charge in [-0.05, 0) is 32.6 Å². The summed E-state index contributed by atoms with van der Waals surface area (Å²) in [6.07, 6.45) is 13.4. The van der Waals surface area contributed by atoms with E-state index in [1.54, 1.807) is 0 Å². The van der Waals surface area contributed by atoms with Crippen molar-refractivity contribution in [1.82, 2.24) is 0 Å². The Morgan fingerprint density at radius 3 is 2.35 bits per heavy atom.